The summed E-state index contributed by atoms with van der Waals surface area (Å²) in [7, 11) is 1.93. The number of aromatic nitrogens is 1. The van der Waals surface area contributed by atoms with Gasteiger partial charge < -0.3 is 10.2 Å². The SMILES string of the molecule is CCNC.O=C(c1sc2c(F)ccc(F)c2c1Cl)N(Cc1cccc(-c2ccncc2)c1)C1CCCCC1. The van der Waals surface area contributed by atoms with Crippen molar-refractivity contribution in [3.05, 3.63) is 88.0 Å². The van der Waals surface area contributed by atoms with Crippen LogP contribution in [0.25, 0.3) is 21.2 Å². The van der Waals surface area contributed by atoms with Crippen LogP contribution in [-0.4, -0.2) is 35.4 Å². The Labute approximate surface area is 231 Å². The van der Waals surface area contributed by atoms with Gasteiger partial charge in [0.1, 0.15) is 16.5 Å². The highest BCUT2D eigenvalue weighted by molar-refractivity contribution is 7.21. The van der Waals surface area contributed by atoms with Crippen LogP contribution in [-0.2, 0) is 6.54 Å². The van der Waals surface area contributed by atoms with Gasteiger partial charge in [-0.1, -0.05) is 56.0 Å². The van der Waals surface area contributed by atoms with Gasteiger partial charge in [-0.15, -0.1) is 11.3 Å². The Balaban J connectivity index is 0.000000786. The minimum Gasteiger partial charge on any atom is -0.331 e. The van der Waals surface area contributed by atoms with E-state index in [0.29, 0.717) is 6.54 Å². The number of rotatable bonds is 6. The third-order valence-electron chi connectivity index (χ3n) is 6.80. The number of nitrogens with one attached hydrogen (secondary N) is 1. The zero-order valence-electron chi connectivity index (χ0n) is 21.6. The fourth-order valence-corrected chi connectivity index (χ4v) is 6.22. The highest BCUT2D eigenvalue weighted by Crippen LogP contribution is 2.40. The van der Waals surface area contributed by atoms with Crippen LogP contribution in [0.5, 0.6) is 0 Å². The molecule has 4 aromatic rings. The average Bonchev–Trinajstić information content (AvgIpc) is 3.33. The number of benzene rings is 2. The van der Waals surface area contributed by atoms with Gasteiger partial charge in [0.05, 0.1) is 15.1 Å². The molecule has 1 fully saturated rings. The minimum atomic E-state index is -0.619. The maximum absolute atomic E-state index is 14.4. The highest BCUT2D eigenvalue weighted by atomic mass is 35.5. The van der Waals surface area contributed by atoms with Crippen molar-refractivity contribution in [2.75, 3.05) is 13.6 Å². The van der Waals surface area contributed by atoms with Crippen molar-refractivity contribution in [2.24, 2.45) is 0 Å². The maximum atomic E-state index is 14.4. The minimum absolute atomic E-state index is 0.00616. The second-order valence-corrected chi connectivity index (χ2v) is 10.7. The van der Waals surface area contributed by atoms with Gasteiger partial charge in [-0.3, -0.25) is 9.78 Å². The third kappa shape index (κ3) is 6.40. The van der Waals surface area contributed by atoms with E-state index in [9.17, 15) is 13.6 Å². The molecule has 1 aliphatic carbocycles. The van der Waals surface area contributed by atoms with Crippen molar-refractivity contribution in [3.63, 3.8) is 0 Å². The average molecular weight is 556 g/mol. The van der Waals surface area contributed by atoms with Crippen LogP contribution in [0.15, 0.2) is 60.9 Å². The van der Waals surface area contributed by atoms with E-state index in [1.807, 2.05) is 42.3 Å². The number of nitrogens with zero attached hydrogens (tertiary/aromatic N) is 2. The predicted octanol–water partition coefficient (Wildman–Crippen LogP) is 8.10. The number of fused-ring (bicyclic) bond motifs is 1. The van der Waals surface area contributed by atoms with Gasteiger partial charge in [-0.25, -0.2) is 8.78 Å². The number of carbonyl (C=O) groups excluding carboxylic acids is 1. The summed E-state index contributed by atoms with van der Waals surface area (Å²) in [5.74, 6) is -1.46. The van der Waals surface area contributed by atoms with Gasteiger partial charge in [-0.2, -0.15) is 0 Å². The molecular formula is C30H32ClF2N3OS. The summed E-state index contributed by atoms with van der Waals surface area (Å²) in [5.41, 5.74) is 3.08. The van der Waals surface area contributed by atoms with Gasteiger partial charge in [-0.05, 0) is 73.5 Å². The second kappa shape index (κ2) is 13.3. The molecule has 0 radical (unpaired) electrons. The van der Waals surface area contributed by atoms with Crippen LogP contribution in [0.3, 0.4) is 0 Å². The summed E-state index contributed by atoms with van der Waals surface area (Å²) in [4.78, 5) is 19.9. The van der Waals surface area contributed by atoms with Crippen molar-refractivity contribution < 1.29 is 13.6 Å². The van der Waals surface area contributed by atoms with E-state index in [-0.39, 0.29) is 31.9 Å². The van der Waals surface area contributed by atoms with Crippen LogP contribution in [0.4, 0.5) is 8.78 Å². The van der Waals surface area contributed by atoms with Gasteiger partial charge in [0.2, 0.25) is 0 Å². The molecule has 1 amide bonds. The monoisotopic (exact) mass is 555 g/mol. The van der Waals surface area contributed by atoms with E-state index < -0.39 is 11.6 Å². The van der Waals surface area contributed by atoms with Gasteiger partial charge in [0.15, 0.2) is 0 Å². The van der Waals surface area contributed by atoms with E-state index in [1.165, 1.54) is 0 Å². The van der Waals surface area contributed by atoms with Gasteiger partial charge in [0, 0.05) is 25.0 Å². The summed E-state index contributed by atoms with van der Waals surface area (Å²) >= 11 is 7.40. The molecule has 0 unspecified atom stereocenters. The molecule has 5 rings (SSSR count). The summed E-state index contributed by atoms with van der Waals surface area (Å²) in [5, 5.41) is 2.91. The van der Waals surface area contributed by atoms with Gasteiger partial charge in [0.25, 0.3) is 5.91 Å². The van der Waals surface area contributed by atoms with Crippen molar-refractivity contribution in [1.29, 1.82) is 0 Å². The van der Waals surface area contributed by atoms with E-state index in [0.717, 1.165) is 78.8 Å². The second-order valence-electron chi connectivity index (χ2n) is 9.35. The Morgan fingerprint density at radius 1 is 1.05 bits per heavy atom. The van der Waals surface area contributed by atoms with E-state index >= 15 is 0 Å². The largest absolute Gasteiger partial charge is 0.331 e. The fourth-order valence-electron chi connectivity index (χ4n) is 4.72. The lowest BCUT2D eigenvalue weighted by Gasteiger charge is -2.34. The lowest BCUT2D eigenvalue weighted by Crippen LogP contribution is -2.40. The molecule has 38 heavy (non-hydrogen) atoms. The molecule has 0 aliphatic heterocycles. The molecule has 0 saturated heterocycles. The summed E-state index contributed by atoms with van der Waals surface area (Å²) in [6.45, 7) is 3.54. The first-order chi connectivity index (χ1) is 18.4. The maximum Gasteiger partial charge on any atom is 0.266 e. The fraction of sp³-hybridized carbons (Fsp3) is 0.333. The quantitative estimate of drug-likeness (QED) is 0.261. The number of pyridine rings is 1. The third-order valence-corrected chi connectivity index (χ3v) is 8.48. The highest BCUT2D eigenvalue weighted by Gasteiger charge is 2.31. The smallest absolute Gasteiger partial charge is 0.266 e. The normalized spacial score (nSPS) is 13.7. The molecule has 1 aliphatic rings. The van der Waals surface area contributed by atoms with Crippen LogP contribution >= 0.6 is 22.9 Å². The molecule has 2 heterocycles. The number of halogens is 3. The number of carbonyl (C=O) groups is 1. The zero-order valence-corrected chi connectivity index (χ0v) is 23.2. The topological polar surface area (TPSA) is 45.2 Å². The summed E-state index contributed by atoms with van der Waals surface area (Å²) < 4.78 is 28.9. The Hall–Kier alpha value is -2.87. The Bertz CT molecular complexity index is 1370. The Morgan fingerprint density at radius 2 is 1.74 bits per heavy atom. The van der Waals surface area contributed by atoms with Crippen LogP contribution in [0, 0.1) is 11.6 Å². The summed E-state index contributed by atoms with van der Waals surface area (Å²) in [6.07, 6.45) is 8.56. The van der Waals surface area contributed by atoms with Gasteiger partial charge >= 0.3 is 0 Å². The number of amides is 1. The molecule has 0 atom stereocenters. The molecule has 200 valence electrons. The molecule has 0 spiro atoms. The number of hydrogen-bond donors (Lipinski definition) is 1. The predicted molar refractivity (Wildman–Crippen MR) is 153 cm³/mol. The van der Waals surface area contributed by atoms with Crippen molar-refractivity contribution in [2.45, 2.75) is 51.6 Å². The first-order valence-corrected chi connectivity index (χ1v) is 14.1. The van der Waals surface area contributed by atoms with Crippen molar-refractivity contribution in [1.82, 2.24) is 15.2 Å². The molecule has 2 aromatic heterocycles. The first-order valence-electron chi connectivity index (χ1n) is 13.0. The lowest BCUT2D eigenvalue weighted by atomic mass is 9.93. The Kier molecular flexibility index (Phi) is 9.83. The van der Waals surface area contributed by atoms with E-state index in [2.05, 4.69) is 23.3 Å². The lowest BCUT2D eigenvalue weighted by molar-refractivity contribution is 0.0619. The van der Waals surface area contributed by atoms with Crippen molar-refractivity contribution in [3.8, 4) is 11.1 Å². The Morgan fingerprint density at radius 3 is 2.39 bits per heavy atom. The summed E-state index contributed by atoms with van der Waals surface area (Å²) in [6, 6.07) is 14.2. The van der Waals surface area contributed by atoms with Crippen molar-refractivity contribution >= 4 is 38.9 Å². The zero-order chi connectivity index (χ0) is 27.1. The number of hydrogen-bond acceptors (Lipinski definition) is 4. The molecule has 1 N–H and O–H groups in total. The number of thiophene rings is 1. The molecule has 2 aromatic carbocycles. The standard InChI is InChI=1S/C27H23ClF2N2OS.C3H9N/c28-24-23-21(29)9-10-22(30)25(23)34-26(24)27(33)32(20-7-2-1-3-8-20)16-17-5-4-6-19(15-17)18-11-13-31-14-12-18;1-3-4-2/h4-6,9-15,20H,1-3,7-8,16H2;4H,3H2,1-2H3. The molecule has 0 bridgehead atoms. The first kappa shape index (κ1) is 28.1. The van der Waals surface area contributed by atoms with Crippen LogP contribution in [0.1, 0.15) is 54.3 Å². The van der Waals surface area contributed by atoms with Crippen LogP contribution < -0.4 is 5.32 Å². The molecule has 8 heteroatoms. The molecule has 1 saturated carbocycles. The van der Waals surface area contributed by atoms with E-state index in [1.54, 1.807) is 12.4 Å². The molecule has 4 nitrogen and oxygen atoms in total. The van der Waals surface area contributed by atoms with Crippen LogP contribution in [0.2, 0.25) is 5.02 Å². The van der Waals surface area contributed by atoms with E-state index in [4.69, 9.17) is 11.6 Å². The molecular weight excluding hydrogens is 524 g/mol.